The molecule has 0 aliphatic heterocycles. The Bertz CT molecular complexity index is 98.6. The van der Waals surface area contributed by atoms with Gasteiger partial charge in [-0.2, -0.15) is 0 Å². The Labute approximate surface area is 65.9 Å². The summed E-state index contributed by atoms with van der Waals surface area (Å²) in [6.07, 6.45) is 0. The van der Waals surface area contributed by atoms with Gasteiger partial charge in [0.15, 0.2) is 0 Å². The van der Waals surface area contributed by atoms with E-state index in [9.17, 15) is 4.79 Å². The first kappa shape index (κ1) is 10.9. The molecule has 0 aromatic rings. The number of methoxy groups -OCH3 is 1. The average Bonchev–Trinajstić information content (AvgIpc) is 1.65. The maximum atomic E-state index is 10.2. The van der Waals surface area contributed by atoms with Crippen LogP contribution in [-0.2, 0) is 9.53 Å². The minimum Gasteiger partial charge on any atom is -0.466 e. The third-order valence-electron chi connectivity index (χ3n) is 0.534. The van der Waals surface area contributed by atoms with E-state index in [-0.39, 0.29) is 29.9 Å². The summed E-state index contributed by atoms with van der Waals surface area (Å²) in [5.74, 6) is -0.347. The smallest absolute Gasteiger partial charge is 0.332 e. The fourth-order valence-electron chi connectivity index (χ4n) is 0.174. The van der Waals surface area contributed by atoms with Crippen LogP contribution in [0.4, 0.5) is 0 Å². The van der Waals surface area contributed by atoms with E-state index in [1.165, 1.54) is 7.11 Å². The van der Waals surface area contributed by atoms with Gasteiger partial charge in [-0.1, -0.05) is 6.58 Å². The molecule has 0 aromatic carbocycles. The van der Waals surface area contributed by atoms with Crippen molar-refractivity contribution in [2.45, 2.75) is 6.92 Å². The molecule has 0 aliphatic rings. The summed E-state index contributed by atoms with van der Waals surface area (Å²) >= 11 is 0. The van der Waals surface area contributed by atoms with Crippen LogP contribution in [0.1, 0.15) is 6.92 Å². The number of hydrogen-bond donors (Lipinski definition) is 0. The van der Waals surface area contributed by atoms with Gasteiger partial charge in [0.1, 0.15) is 0 Å². The van der Waals surface area contributed by atoms with Gasteiger partial charge in [-0.05, 0) is 6.92 Å². The van der Waals surface area contributed by atoms with Gasteiger partial charge in [0.05, 0.1) is 7.11 Å². The maximum absolute atomic E-state index is 10.2. The monoisotopic (exact) mass is 220 g/mol. The molecule has 8 heavy (non-hydrogen) atoms. The van der Waals surface area contributed by atoms with Crippen molar-refractivity contribution in [2.75, 3.05) is 7.11 Å². The first-order chi connectivity index (χ1) is 3.18. The first-order valence-electron chi connectivity index (χ1n) is 1.92. The molecule has 0 aliphatic carbocycles. The molecule has 0 N–H and O–H groups in total. The minimum absolute atomic E-state index is 0. The molecule has 4 radical (unpaired) electrons. The van der Waals surface area contributed by atoms with Crippen molar-refractivity contribution >= 4 is 29.9 Å². The van der Waals surface area contributed by atoms with Gasteiger partial charge < -0.3 is 4.74 Å². The zero-order valence-corrected chi connectivity index (χ0v) is 7.88. The van der Waals surface area contributed by atoms with Crippen LogP contribution in [-0.4, -0.2) is 37.0 Å². The molecular formula is C5H8O2Sn. The number of rotatable bonds is 1. The molecule has 0 saturated carbocycles. The second kappa shape index (κ2) is 5.15. The summed E-state index contributed by atoms with van der Waals surface area (Å²) in [4.78, 5) is 10.2. The fraction of sp³-hybridized carbons (Fsp3) is 0.400. The third kappa shape index (κ3) is 4.18. The van der Waals surface area contributed by atoms with Crippen molar-refractivity contribution in [2.24, 2.45) is 0 Å². The predicted octanol–water partition coefficient (Wildman–Crippen LogP) is 0.355. The van der Waals surface area contributed by atoms with E-state index in [2.05, 4.69) is 11.3 Å². The van der Waals surface area contributed by atoms with Gasteiger partial charge in [-0.15, -0.1) is 0 Å². The van der Waals surface area contributed by atoms with Crippen LogP contribution in [0.3, 0.4) is 0 Å². The fourth-order valence-corrected chi connectivity index (χ4v) is 0.174. The van der Waals surface area contributed by atoms with Gasteiger partial charge in [-0.25, -0.2) is 4.79 Å². The molecule has 0 unspecified atom stereocenters. The SMILES string of the molecule is C=C(C)C(=O)OC.[Sn]. The zero-order chi connectivity index (χ0) is 5.86. The predicted molar refractivity (Wildman–Crippen MR) is 32.6 cm³/mol. The summed E-state index contributed by atoms with van der Waals surface area (Å²) in [5.41, 5.74) is 0.433. The van der Waals surface area contributed by atoms with Crippen molar-refractivity contribution < 1.29 is 9.53 Å². The van der Waals surface area contributed by atoms with E-state index in [0.717, 1.165) is 0 Å². The normalized spacial score (nSPS) is 6.75. The topological polar surface area (TPSA) is 26.3 Å². The van der Waals surface area contributed by atoms with Crippen LogP contribution in [0.2, 0.25) is 0 Å². The van der Waals surface area contributed by atoms with Gasteiger partial charge in [0, 0.05) is 29.5 Å². The van der Waals surface area contributed by atoms with Crippen molar-refractivity contribution in [1.29, 1.82) is 0 Å². The molecule has 0 aromatic heterocycles. The average molecular weight is 219 g/mol. The molecule has 0 bridgehead atoms. The summed E-state index contributed by atoms with van der Waals surface area (Å²) < 4.78 is 4.27. The number of carbonyl (C=O) groups excluding carboxylic acids is 1. The molecule has 0 saturated heterocycles. The largest absolute Gasteiger partial charge is 0.466 e. The van der Waals surface area contributed by atoms with Crippen molar-refractivity contribution in [3.63, 3.8) is 0 Å². The first-order valence-corrected chi connectivity index (χ1v) is 1.92. The zero-order valence-electron chi connectivity index (χ0n) is 5.02. The van der Waals surface area contributed by atoms with Crippen molar-refractivity contribution in [3.05, 3.63) is 12.2 Å². The van der Waals surface area contributed by atoms with Crippen LogP contribution in [0.5, 0.6) is 0 Å². The van der Waals surface area contributed by atoms with E-state index in [4.69, 9.17) is 0 Å². The molecule has 0 atom stereocenters. The van der Waals surface area contributed by atoms with E-state index in [0.29, 0.717) is 5.57 Å². The minimum atomic E-state index is -0.347. The molecule has 0 heterocycles. The van der Waals surface area contributed by atoms with E-state index in [1.807, 2.05) is 0 Å². The Balaban J connectivity index is 0. The second-order valence-corrected chi connectivity index (χ2v) is 1.27. The van der Waals surface area contributed by atoms with Crippen LogP contribution < -0.4 is 0 Å². The van der Waals surface area contributed by atoms with Gasteiger partial charge in [-0.3, -0.25) is 0 Å². The summed E-state index contributed by atoms with van der Waals surface area (Å²) in [6.45, 7) is 4.95. The van der Waals surface area contributed by atoms with Crippen LogP contribution in [0.15, 0.2) is 12.2 Å². The second-order valence-electron chi connectivity index (χ2n) is 1.27. The molecule has 0 amide bonds. The van der Waals surface area contributed by atoms with Crippen LogP contribution in [0.25, 0.3) is 0 Å². The third-order valence-corrected chi connectivity index (χ3v) is 0.534. The Morgan fingerprint density at radius 3 is 2.00 bits per heavy atom. The Morgan fingerprint density at radius 2 is 2.00 bits per heavy atom. The van der Waals surface area contributed by atoms with Gasteiger partial charge >= 0.3 is 5.97 Å². The number of hydrogen-bond acceptors (Lipinski definition) is 2. The molecule has 0 spiro atoms. The summed E-state index contributed by atoms with van der Waals surface area (Å²) in [7, 11) is 1.33. The van der Waals surface area contributed by atoms with Gasteiger partial charge in [0.2, 0.25) is 0 Å². The van der Waals surface area contributed by atoms with Crippen molar-refractivity contribution in [1.82, 2.24) is 0 Å². The molecule has 0 fully saturated rings. The molecule has 3 heteroatoms. The van der Waals surface area contributed by atoms with Crippen LogP contribution >= 0.6 is 0 Å². The van der Waals surface area contributed by atoms with Crippen molar-refractivity contribution in [3.8, 4) is 0 Å². The number of ether oxygens (including phenoxy) is 1. The van der Waals surface area contributed by atoms with Crippen LogP contribution in [0, 0.1) is 0 Å². The number of esters is 1. The van der Waals surface area contributed by atoms with E-state index >= 15 is 0 Å². The van der Waals surface area contributed by atoms with Gasteiger partial charge in [0.25, 0.3) is 0 Å². The van der Waals surface area contributed by atoms with E-state index in [1.54, 1.807) is 6.92 Å². The Morgan fingerprint density at radius 1 is 1.62 bits per heavy atom. The standard InChI is InChI=1S/C5H8O2.Sn/c1-4(2)5(6)7-3;/h1H2,2-3H3;. The quantitative estimate of drug-likeness (QED) is 0.361. The Hall–Kier alpha value is 0.00870. The summed E-state index contributed by atoms with van der Waals surface area (Å²) in [5, 5.41) is 0. The maximum Gasteiger partial charge on any atom is 0.332 e. The molecule has 44 valence electrons. The molecular weight excluding hydrogens is 211 g/mol. The Kier molecular flexibility index (Phi) is 7.02. The molecule has 2 nitrogen and oxygen atoms in total. The van der Waals surface area contributed by atoms with E-state index < -0.39 is 0 Å². The number of carbonyl (C=O) groups is 1. The summed E-state index contributed by atoms with van der Waals surface area (Å²) in [6, 6.07) is 0. The molecule has 0 rings (SSSR count).